The van der Waals surface area contributed by atoms with E-state index in [2.05, 4.69) is 0 Å². The van der Waals surface area contributed by atoms with Crippen LogP contribution in [0.5, 0.6) is 5.75 Å². The molecule has 0 radical (unpaired) electrons. The van der Waals surface area contributed by atoms with Crippen LogP contribution in [0.25, 0.3) is 10.1 Å². The summed E-state index contributed by atoms with van der Waals surface area (Å²) in [7, 11) is 0. The molecule has 2 aromatic rings. The molecule has 1 heterocycles. The highest BCUT2D eigenvalue weighted by molar-refractivity contribution is 7.18. The number of thiophene rings is 1. The molecule has 0 spiro atoms. The summed E-state index contributed by atoms with van der Waals surface area (Å²) in [4.78, 5) is 0. The van der Waals surface area contributed by atoms with Crippen molar-refractivity contribution >= 4 is 33.0 Å². The van der Waals surface area contributed by atoms with Gasteiger partial charge in [-0.25, -0.2) is 4.39 Å². The third-order valence-corrected chi connectivity index (χ3v) is 3.31. The van der Waals surface area contributed by atoms with E-state index in [1.54, 1.807) is 11.4 Å². The Morgan fingerprint density at radius 1 is 1.50 bits per heavy atom. The minimum absolute atomic E-state index is 0.297. The predicted molar refractivity (Wildman–Crippen MR) is 58.0 cm³/mol. The van der Waals surface area contributed by atoms with Gasteiger partial charge in [-0.05, 0) is 19.1 Å². The lowest BCUT2D eigenvalue weighted by molar-refractivity contribution is 0.344. The van der Waals surface area contributed by atoms with Crippen LogP contribution in [0.2, 0.25) is 5.02 Å². The van der Waals surface area contributed by atoms with E-state index in [0.29, 0.717) is 22.8 Å². The van der Waals surface area contributed by atoms with Gasteiger partial charge in [0.25, 0.3) is 0 Å². The van der Waals surface area contributed by atoms with Crippen LogP contribution in [0.3, 0.4) is 0 Å². The van der Waals surface area contributed by atoms with Crippen LogP contribution in [-0.4, -0.2) is 6.61 Å². The Bertz CT molecular complexity index is 466. The Labute approximate surface area is 90.1 Å². The molecule has 0 aliphatic carbocycles. The molecule has 74 valence electrons. The van der Waals surface area contributed by atoms with Crippen molar-refractivity contribution in [3.8, 4) is 5.75 Å². The standard InChI is InChI=1S/C10H8ClFOS/c1-2-13-8-4-3-7(12)9-6(11)5-14-10(8)9/h3-5H,2H2,1H3. The average Bonchev–Trinajstić information content (AvgIpc) is 2.54. The van der Waals surface area contributed by atoms with Crippen LogP contribution in [0.4, 0.5) is 4.39 Å². The highest BCUT2D eigenvalue weighted by Crippen LogP contribution is 2.38. The van der Waals surface area contributed by atoms with Gasteiger partial charge in [-0.15, -0.1) is 11.3 Å². The van der Waals surface area contributed by atoms with Crippen molar-refractivity contribution in [2.45, 2.75) is 6.92 Å². The fourth-order valence-corrected chi connectivity index (χ4v) is 2.60. The zero-order chi connectivity index (χ0) is 10.1. The van der Waals surface area contributed by atoms with Crippen molar-refractivity contribution in [2.75, 3.05) is 6.61 Å². The second-order valence-corrected chi connectivity index (χ2v) is 4.05. The molecule has 1 aromatic heterocycles. The molecule has 0 unspecified atom stereocenters. The number of hydrogen-bond donors (Lipinski definition) is 0. The summed E-state index contributed by atoms with van der Waals surface area (Å²) >= 11 is 7.26. The van der Waals surface area contributed by atoms with Gasteiger partial charge in [-0.2, -0.15) is 0 Å². The average molecular weight is 231 g/mol. The van der Waals surface area contributed by atoms with E-state index in [4.69, 9.17) is 16.3 Å². The number of benzene rings is 1. The molecule has 4 heteroatoms. The van der Waals surface area contributed by atoms with E-state index in [1.807, 2.05) is 6.92 Å². The first-order valence-corrected chi connectivity index (χ1v) is 5.47. The fourth-order valence-electron chi connectivity index (χ4n) is 1.32. The second kappa shape index (κ2) is 3.75. The molecule has 1 nitrogen and oxygen atoms in total. The molecular formula is C10H8ClFOS. The maximum absolute atomic E-state index is 13.4. The van der Waals surface area contributed by atoms with Gasteiger partial charge in [-0.1, -0.05) is 11.6 Å². The van der Waals surface area contributed by atoms with Gasteiger partial charge in [0.15, 0.2) is 0 Å². The lowest BCUT2D eigenvalue weighted by Crippen LogP contribution is -1.91. The van der Waals surface area contributed by atoms with Gasteiger partial charge in [0.2, 0.25) is 0 Å². The van der Waals surface area contributed by atoms with Crippen LogP contribution in [0, 0.1) is 5.82 Å². The summed E-state index contributed by atoms with van der Waals surface area (Å²) in [6, 6.07) is 3.01. The van der Waals surface area contributed by atoms with E-state index in [-0.39, 0.29) is 5.82 Å². The van der Waals surface area contributed by atoms with Crippen molar-refractivity contribution in [3.05, 3.63) is 28.4 Å². The zero-order valence-electron chi connectivity index (χ0n) is 7.51. The van der Waals surface area contributed by atoms with Crippen LogP contribution in [-0.2, 0) is 0 Å². The molecule has 0 aliphatic rings. The second-order valence-electron chi connectivity index (χ2n) is 2.77. The number of ether oxygens (including phenoxy) is 1. The summed E-state index contributed by atoms with van der Waals surface area (Å²) in [5.41, 5.74) is 0. The van der Waals surface area contributed by atoms with Gasteiger partial charge in [-0.3, -0.25) is 0 Å². The molecule has 0 saturated heterocycles. The van der Waals surface area contributed by atoms with Crippen molar-refractivity contribution < 1.29 is 9.13 Å². The van der Waals surface area contributed by atoms with E-state index < -0.39 is 0 Å². The summed E-state index contributed by atoms with van der Waals surface area (Å²) < 4.78 is 19.5. The first kappa shape index (κ1) is 9.74. The number of hydrogen-bond acceptors (Lipinski definition) is 2. The Balaban J connectivity index is 2.70. The first-order chi connectivity index (χ1) is 6.74. The predicted octanol–water partition coefficient (Wildman–Crippen LogP) is 4.09. The van der Waals surface area contributed by atoms with E-state index >= 15 is 0 Å². The maximum Gasteiger partial charge on any atom is 0.137 e. The van der Waals surface area contributed by atoms with Gasteiger partial charge in [0.05, 0.1) is 21.7 Å². The van der Waals surface area contributed by atoms with Crippen LogP contribution in [0.1, 0.15) is 6.92 Å². The lowest BCUT2D eigenvalue weighted by atomic mass is 10.2. The highest BCUT2D eigenvalue weighted by Gasteiger charge is 2.11. The van der Waals surface area contributed by atoms with Gasteiger partial charge >= 0.3 is 0 Å². The van der Waals surface area contributed by atoms with E-state index in [1.165, 1.54) is 17.4 Å². The fraction of sp³-hybridized carbons (Fsp3) is 0.200. The Kier molecular flexibility index (Phi) is 2.61. The van der Waals surface area contributed by atoms with Crippen molar-refractivity contribution in [1.29, 1.82) is 0 Å². The maximum atomic E-state index is 13.4. The molecule has 0 N–H and O–H groups in total. The van der Waals surface area contributed by atoms with Crippen LogP contribution < -0.4 is 4.74 Å². The quantitative estimate of drug-likeness (QED) is 0.755. The monoisotopic (exact) mass is 230 g/mol. The minimum atomic E-state index is -0.297. The SMILES string of the molecule is CCOc1ccc(F)c2c(Cl)csc12. The molecule has 2 rings (SSSR count). The Hall–Kier alpha value is -0.800. The number of fused-ring (bicyclic) bond motifs is 1. The molecule has 0 bridgehead atoms. The van der Waals surface area contributed by atoms with Crippen molar-refractivity contribution in [2.24, 2.45) is 0 Å². The third kappa shape index (κ3) is 1.47. The Morgan fingerprint density at radius 2 is 2.29 bits per heavy atom. The van der Waals surface area contributed by atoms with Crippen molar-refractivity contribution in [1.82, 2.24) is 0 Å². The summed E-state index contributed by atoms with van der Waals surface area (Å²) in [6.07, 6.45) is 0. The summed E-state index contributed by atoms with van der Waals surface area (Å²) in [5, 5.41) is 2.63. The molecule has 0 fully saturated rings. The molecule has 0 amide bonds. The zero-order valence-corrected chi connectivity index (χ0v) is 9.08. The van der Waals surface area contributed by atoms with Crippen LogP contribution in [0.15, 0.2) is 17.5 Å². The molecule has 0 atom stereocenters. The Morgan fingerprint density at radius 3 is 3.00 bits per heavy atom. The van der Waals surface area contributed by atoms with Gasteiger partial charge in [0.1, 0.15) is 11.6 Å². The molecule has 0 aliphatic heterocycles. The first-order valence-electron chi connectivity index (χ1n) is 4.22. The summed E-state index contributed by atoms with van der Waals surface area (Å²) in [6.45, 7) is 2.46. The largest absolute Gasteiger partial charge is 0.492 e. The van der Waals surface area contributed by atoms with E-state index in [9.17, 15) is 4.39 Å². The smallest absolute Gasteiger partial charge is 0.137 e. The molecule has 1 aromatic carbocycles. The van der Waals surface area contributed by atoms with Gasteiger partial charge < -0.3 is 4.74 Å². The molecular weight excluding hydrogens is 223 g/mol. The normalized spacial score (nSPS) is 10.8. The highest BCUT2D eigenvalue weighted by atomic mass is 35.5. The molecule has 14 heavy (non-hydrogen) atoms. The van der Waals surface area contributed by atoms with E-state index in [0.717, 1.165) is 4.70 Å². The van der Waals surface area contributed by atoms with Crippen LogP contribution >= 0.6 is 22.9 Å². The van der Waals surface area contributed by atoms with Gasteiger partial charge in [0, 0.05) is 5.38 Å². The lowest BCUT2D eigenvalue weighted by Gasteiger charge is -2.04. The third-order valence-electron chi connectivity index (χ3n) is 1.89. The number of rotatable bonds is 2. The van der Waals surface area contributed by atoms with Crippen molar-refractivity contribution in [3.63, 3.8) is 0 Å². The molecule has 0 saturated carbocycles. The topological polar surface area (TPSA) is 9.23 Å². The summed E-state index contributed by atoms with van der Waals surface area (Å²) in [5.74, 6) is 0.399. The number of halogens is 2. The minimum Gasteiger partial charge on any atom is -0.492 e.